The van der Waals surface area contributed by atoms with Gasteiger partial charge in [-0.1, -0.05) is 11.6 Å². The van der Waals surface area contributed by atoms with Crippen LogP contribution < -0.4 is 15.8 Å². The van der Waals surface area contributed by atoms with E-state index in [0.717, 1.165) is 5.75 Å². The minimum absolute atomic E-state index is 0.0748. The lowest BCUT2D eigenvalue weighted by Gasteiger charge is -2.15. The Kier molecular flexibility index (Phi) is 7.18. The van der Waals surface area contributed by atoms with Crippen LogP contribution in [0.2, 0.25) is 5.02 Å². The fourth-order valence-electron chi connectivity index (χ4n) is 1.60. The van der Waals surface area contributed by atoms with E-state index in [4.69, 9.17) is 26.8 Å². The number of methoxy groups -OCH3 is 1. The lowest BCUT2D eigenvalue weighted by Crippen LogP contribution is -2.41. The Labute approximate surface area is 125 Å². The normalized spacial score (nSPS) is 14.7. The van der Waals surface area contributed by atoms with E-state index >= 15 is 0 Å². The number of benzene rings is 1. The van der Waals surface area contributed by atoms with Crippen LogP contribution in [0.25, 0.3) is 0 Å². The van der Waals surface area contributed by atoms with Crippen molar-refractivity contribution in [2.45, 2.75) is 26.0 Å². The second kappa shape index (κ2) is 8.66. The van der Waals surface area contributed by atoms with Crippen molar-refractivity contribution in [2.24, 2.45) is 10.7 Å². The smallest absolute Gasteiger partial charge is 0.189 e. The van der Waals surface area contributed by atoms with Crippen LogP contribution in [-0.2, 0) is 4.74 Å². The Morgan fingerprint density at radius 2 is 2.00 bits per heavy atom. The van der Waals surface area contributed by atoms with E-state index in [2.05, 4.69) is 10.3 Å². The van der Waals surface area contributed by atoms with Gasteiger partial charge in [-0.3, -0.25) is 0 Å². The van der Waals surface area contributed by atoms with Crippen molar-refractivity contribution in [3.05, 3.63) is 29.3 Å². The van der Waals surface area contributed by atoms with Crippen LogP contribution in [-0.4, -0.2) is 38.4 Å². The van der Waals surface area contributed by atoms with Crippen molar-refractivity contribution in [1.82, 2.24) is 5.32 Å². The topological polar surface area (TPSA) is 68.9 Å². The zero-order valence-corrected chi connectivity index (χ0v) is 12.9. The van der Waals surface area contributed by atoms with Crippen molar-refractivity contribution in [3.8, 4) is 5.75 Å². The second-order valence-corrected chi connectivity index (χ2v) is 5.05. The van der Waals surface area contributed by atoms with Crippen LogP contribution in [0, 0.1) is 0 Å². The minimum Gasteiger partial charge on any atom is -0.489 e. The van der Waals surface area contributed by atoms with E-state index in [9.17, 15) is 0 Å². The molecule has 0 saturated carbocycles. The average molecular weight is 300 g/mol. The van der Waals surface area contributed by atoms with Crippen molar-refractivity contribution >= 4 is 17.6 Å². The summed E-state index contributed by atoms with van der Waals surface area (Å²) in [6.07, 6.45) is -0.0748. The van der Waals surface area contributed by atoms with Crippen LogP contribution in [0.4, 0.5) is 0 Å². The zero-order chi connectivity index (χ0) is 15.0. The molecule has 0 aliphatic heterocycles. The summed E-state index contributed by atoms with van der Waals surface area (Å²) in [6.45, 7) is 4.96. The molecular formula is C14H22ClN3O2. The first-order chi connectivity index (χ1) is 9.51. The highest BCUT2D eigenvalue weighted by atomic mass is 35.5. The van der Waals surface area contributed by atoms with E-state index in [-0.39, 0.29) is 12.1 Å². The van der Waals surface area contributed by atoms with Gasteiger partial charge in [-0.25, -0.2) is 4.99 Å². The zero-order valence-electron chi connectivity index (χ0n) is 12.1. The quantitative estimate of drug-likeness (QED) is 0.597. The fraction of sp³-hybridized carbons (Fsp3) is 0.500. The molecule has 2 atom stereocenters. The average Bonchev–Trinajstić information content (AvgIpc) is 2.39. The fourth-order valence-corrected chi connectivity index (χ4v) is 1.73. The summed E-state index contributed by atoms with van der Waals surface area (Å²) in [5, 5.41) is 3.72. The number of nitrogens with zero attached hydrogens (tertiary/aromatic N) is 1. The summed E-state index contributed by atoms with van der Waals surface area (Å²) in [5.41, 5.74) is 5.78. The van der Waals surface area contributed by atoms with Gasteiger partial charge in [-0.15, -0.1) is 0 Å². The molecule has 0 saturated heterocycles. The van der Waals surface area contributed by atoms with E-state index in [1.54, 1.807) is 19.2 Å². The van der Waals surface area contributed by atoms with Crippen LogP contribution in [0.5, 0.6) is 5.75 Å². The molecule has 0 bridgehead atoms. The van der Waals surface area contributed by atoms with Gasteiger partial charge in [0, 0.05) is 18.2 Å². The minimum atomic E-state index is -0.0748. The van der Waals surface area contributed by atoms with E-state index in [1.165, 1.54) is 0 Å². The van der Waals surface area contributed by atoms with Crippen molar-refractivity contribution in [1.29, 1.82) is 0 Å². The van der Waals surface area contributed by atoms with Gasteiger partial charge in [0.1, 0.15) is 11.9 Å². The SMILES string of the molecule is COCC(C)NC(N)=NCC(C)Oc1ccc(Cl)cc1. The first-order valence-electron chi connectivity index (χ1n) is 6.49. The maximum atomic E-state index is 5.81. The first-order valence-corrected chi connectivity index (χ1v) is 6.86. The lowest BCUT2D eigenvalue weighted by molar-refractivity contribution is 0.179. The molecule has 0 radical (unpaired) electrons. The highest BCUT2D eigenvalue weighted by Crippen LogP contribution is 2.16. The summed E-state index contributed by atoms with van der Waals surface area (Å²) in [5.74, 6) is 1.15. The number of aliphatic imine (C=N–C) groups is 1. The molecule has 1 aromatic carbocycles. The van der Waals surface area contributed by atoms with Gasteiger partial charge in [0.2, 0.25) is 0 Å². The van der Waals surface area contributed by atoms with Gasteiger partial charge < -0.3 is 20.5 Å². The van der Waals surface area contributed by atoms with Crippen molar-refractivity contribution in [2.75, 3.05) is 20.3 Å². The predicted octanol–water partition coefficient (Wildman–Crippen LogP) is 2.05. The molecule has 0 aliphatic carbocycles. The molecule has 20 heavy (non-hydrogen) atoms. The molecule has 1 rings (SSSR count). The monoisotopic (exact) mass is 299 g/mol. The molecule has 0 fully saturated rings. The molecule has 0 aliphatic rings. The Hall–Kier alpha value is -1.46. The number of guanidine groups is 1. The maximum Gasteiger partial charge on any atom is 0.189 e. The summed E-state index contributed by atoms with van der Waals surface area (Å²) in [4.78, 5) is 4.24. The Morgan fingerprint density at radius 3 is 2.60 bits per heavy atom. The van der Waals surface area contributed by atoms with Crippen LogP contribution in [0.15, 0.2) is 29.3 Å². The number of rotatable bonds is 7. The van der Waals surface area contributed by atoms with Crippen LogP contribution in [0.1, 0.15) is 13.8 Å². The third kappa shape index (κ3) is 6.63. The van der Waals surface area contributed by atoms with Crippen LogP contribution in [0.3, 0.4) is 0 Å². The lowest BCUT2D eigenvalue weighted by atomic mass is 10.3. The van der Waals surface area contributed by atoms with Crippen molar-refractivity contribution < 1.29 is 9.47 Å². The largest absolute Gasteiger partial charge is 0.489 e. The molecular weight excluding hydrogens is 278 g/mol. The molecule has 0 aromatic heterocycles. The number of nitrogens with two attached hydrogens (primary N) is 1. The molecule has 3 N–H and O–H groups in total. The molecule has 112 valence electrons. The molecule has 0 amide bonds. The predicted molar refractivity (Wildman–Crippen MR) is 82.5 cm³/mol. The van der Waals surface area contributed by atoms with E-state index < -0.39 is 0 Å². The standard InChI is InChI=1S/C14H22ClN3O2/c1-10(9-19-3)18-14(16)17-8-11(2)20-13-6-4-12(15)5-7-13/h4-7,10-11H,8-9H2,1-3H3,(H3,16,17,18). The Bertz CT molecular complexity index is 423. The summed E-state index contributed by atoms with van der Waals surface area (Å²) >= 11 is 5.81. The molecule has 0 spiro atoms. The van der Waals surface area contributed by atoms with Crippen LogP contribution >= 0.6 is 11.6 Å². The third-order valence-electron chi connectivity index (χ3n) is 2.48. The Balaban J connectivity index is 2.38. The molecule has 0 heterocycles. The number of ether oxygens (including phenoxy) is 2. The maximum absolute atomic E-state index is 5.81. The Morgan fingerprint density at radius 1 is 1.35 bits per heavy atom. The number of hydrogen-bond donors (Lipinski definition) is 2. The molecule has 2 unspecified atom stereocenters. The number of nitrogens with one attached hydrogen (secondary N) is 1. The molecule has 1 aromatic rings. The van der Waals surface area contributed by atoms with E-state index in [1.807, 2.05) is 26.0 Å². The summed E-state index contributed by atoms with van der Waals surface area (Å²) in [6, 6.07) is 7.34. The highest BCUT2D eigenvalue weighted by molar-refractivity contribution is 6.30. The third-order valence-corrected chi connectivity index (χ3v) is 2.73. The van der Waals surface area contributed by atoms with Gasteiger partial charge in [-0.2, -0.15) is 0 Å². The number of hydrogen-bond acceptors (Lipinski definition) is 3. The van der Waals surface area contributed by atoms with Gasteiger partial charge in [0.05, 0.1) is 13.2 Å². The van der Waals surface area contributed by atoms with Gasteiger partial charge in [0.25, 0.3) is 0 Å². The highest BCUT2D eigenvalue weighted by Gasteiger charge is 2.05. The summed E-state index contributed by atoms with van der Waals surface area (Å²) in [7, 11) is 1.65. The first kappa shape index (κ1) is 16.6. The molecule has 5 nitrogen and oxygen atoms in total. The summed E-state index contributed by atoms with van der Waals surface area (Å²) < 4.78 is 10.7. The molecule has 6 heteroatoms. The van der Waals surface area contributed by atoms with Gasteiger partial charge in [-0.05, 0) is 38.1 Å². The second-order valence-electron chi connectivity index (χ2n) is 4.61. The van der Waals surface area contributed by atoms with Gasteiger partial charge >= 0.3 is 0 Å². The van der Waals surface area contributed by atoms with Crippen molar-refractivity contribution in [3.63, 3.8) is 0 Å². The van der Waals surface area contributed by atoms with Gasteiger partial charge in [0.15, 0.2) is 5.96 Å². The van der Waals surface area contributed by atoms with E-state index in [0.29, 0.717) is 24.1 Å². The number of halogens is 1.